The van der Waals surface area contributed by atoms with E-state index in [-0.39, 0.29) is 36.4 Å². The normalized spacial score (nSPS) is 21.8. The van der Waals surface area contributed by atoms with E-state index in [1.807, 2.05) is 13.1 Å². The molecule has 2 aliphatic rings. The number of esters is 2. The van der Waals surface area contributed by atoms with Gasteiger partial charge in [-0.25, -0.2) is 4.98 Å². The molecule has 1 fully saturated rings. The van der Waals surface area contributed by atoms with Crippen LogP contribution in [0.25, 0.3) is 0 Å². The summed E-state index contributed by atoms with van der Waals surface area (Å²) >= 11 is 0. The number of ether oxygens (including phenoxy) is 3. The van der Waals surface area contributed by atoms with E-state index in [4.69, 9.17) is 19.9 Å². The van der Waals surface area contributed by atoms with E-state index >= 15 is 0 Å². The highest BCUT2D eigenvalue weighted by Crippen LogP contribution is 2.38. The van der Waals surface area contributed by atoms with Crippen molar-refractivity contribution in [1.82, 2.24) is 9.97 Å². The molecule has 0 aromatic carbocycles. The third-order valence-electron chi connectivity index (χ3n) is 10.0. The molecule has 10 heteroatoms. The van der Waals surface area contributed by atoms with Crippen LogP contribution in [-0.2, 0) is 30.2 Å². The molecule has 0 bridgehead atoms. The fourth-order valence-electron chi connectivity index (χ4n) is 7.01. The van der Waals surface area contributed by atoms with Gasteiger partial charge in [0.1, 0.15) is 24.0 Å². The lowest BCUT2D eigenvalue weighted by molar-refractivity contribution is -0.171. The van der Waals surface area contributed by atoms with E-state index in [1.165, 1.54) is 77.0 Å². The van der Waals surface area contributed by atoms with Crippen molar-refractivity contribution < 1.29 is 28.2 Å². The van der Waals surface area contributed by atoms with Crippen LogP contribution in [0.2, 0.25) is 0 Å². The number of unbranched alkanes of at least 4 members (excludes halogenated alkanes) is 16. The first-order chi connectivity index (χ1) is 23.7. The Morgan fingerprint density at radius 3 is 2.00 bits per heavy atom. The molecule has 1 unspecified atom stereocenters. The van der Waals surface area contributed by atoms with Gasteiger partial charge >= 0.3 is 18.0 Å². The molecule has 2 N–H and O–H groups in total. The number of fused-ring (bicyclic) bond motifs is 1. The highest BCUT2D eigenvalue weighted by molar-refractivity contribution is 5.73. The molecule has 0 radical (unpaired) electrons. The zero-order chi connectivity index (χ0) is 35.3. The maximum Gasteiger partial charge on any atom is 0.310 e. The van der Waals surface area contributed by atoms with Crippen molar-refractivity contribution >= 4 is 29.7 Å². The quantitative estimate of drug-likeness (QED) is 0.0611. The minimum atomic E-state index is -0.948. The van der Waals surface area contributed by atoms with Gasteiger partial charge in [-0.1, -0.05) is 117 Å². The number of aryl methyl sites for hydroxylation is 1. The Morgan fingerprint density at radius 2 is 1.41 bits per heavy atom. The van der Waals surface area contributed by atoms with E-state index in [9.17, 15) is 14.0 Å². The molecule has 3 rings (SSSR count). The third-order valence-corrected chi connectivity index (χ3v) is 10.0. The molecule has 3 heterocycles. The van der Waals surface area contributed by atoms with Crippen LogP contribution in [0.15, 0.2) is 4.99 Å². The molecule has 9 nitrogen and oxygen atoms in total. The first kappa shape index (κ1) is 40.8. The van der Waals surface area contributed by atoms with Gasteiger partial charge in [0.15, 0.2) is 5.82 Å². The molecule has 1 saturated heterocycles. The second kappa shape index (κ2) is 23.0. The van der Waals surface area contributed by atoms with Crippen LogP contribution < -0.4 is 5.73 Å². The lowest BCUT2D eigenvalue weighted by Gasteiger charge is -2.30. The number of nitrogens with zero attached hydrogens (tertiary/aromatic N) is 3. The van der Waals surface area contributed by atoms with Crippen LogP contribution in [0.1, 0.15) is 174 Å². The predicted octanol–water partition coefficient (Wildman–Crippen LogP) is 9.70. The predicted molar refractivity (Wildman–Crippen MR) is 193 cm³/mol. The van der Waals surface area contributed by atoms with Gasteiger partial charge in [-0.3, -0.25) is 14.6 Å². The monoisotopic (exact) mass is 688 g/mol. The van der Waals surface area contributed by atoms with Gasteiger partial charge in [0.2, 0.25) is 0 Å². The molecular formula is C39H65FN4O5. The van der Waals surface area contributed by atoms with E-state index in [2.05, 4.69) is 28.8 Å². The van der Waals surface area contributed by atoms with Crippen LogP contribution in [0, 0.1) is 12.0 Å². The van der Waals surface area contributed by atoms with Gasteiger partial charge in [0, 0.05) is 25.5 Å². The number of aromatic nitrogens is 2. The van der Waals surface area contributed by atoms with Gasteiger partial charge in [-0.2, -0.15) is 9.37 Å². The number of hydrogen-bond acceptors (Lipinski definition) is 9. The minimum Gasteiger partial charge on any atom is -0.462 e. The number of carbonyl (C=O) groups is 2. The number of carbonyl (C=O) groups excluding carboxylic acids is 2. The number of anilines is 1. The number of rotatable bonds is 25. The summed E-state index contributed by atoms with van der Waals surface area (Å²) in [4.78, 5) is 37.7. The van der Waals surface area contributed by atoms with Gasteiger partial charge in [-0.15, -0.1) is 0 Å². The summed E-state index contributed by atoms with van der Waals surface area (Å²) in [6.45, 7) is 6.37. The van der Waals surface area contributed by atoms with E-state index in [0.29, 0.717) is 49.9 Å². The van der Waals surface area contributed by atoms with Crippen molar-refractivity contribution in [3.8, 4) is 0 Å². The Morgan fingerprint density at radius 1 is 0.857 bits per heavy atom. The van der Waals surface area contributed by atoms with Crippen molar-refractivity contribution in [2.24, 2.45) is 10.9 Å². The zero-order valence-corrected chi connectivity index (χ0v) is 30.8. The maximum absolute atomic E-state index is 13.8. The van der Waals surface area contributed by atoms with Crippen molar-refractivity contribution in [1.29, 1.82) is 0 Å². The summed E-state index contributed by atoms with van der Waals surface area (Å²) in [5.74, 6) is -0.411. The lowest BCUT2D eigenvalue weighted by atomic mass is 9.93. The highest BCUT2D eigenvalue weighted by atomic mass is 19.1. The Balaban J connectivity index is 1.48. The van der Waals surface area contributed by atoms with Crippen molar-refractivity contribution in [2.45, 2.75) is 193 Å². The van der Waals surface area contributed by atoms with Crippen LogP contribution >= 0.6 is 0 Å². The molecular weight excluding hydrogens is 623 g/mol. The Bertz CT molecular complexity index is 1150. The summed E-state index contributed by atoms with van der Waals surface area (Å²) in [5.41, 5.74) is 5.89. The van der Waals surface area contributed by atoms with Crippen LogP contribution in [0.3, 0.4) is 0 Å². The van der Waals surface area contributed by atoms with Crippen LogP contribution in [0.4, 0.5) is 15.9 Å². The van der Waals surface area contributed by atoms with E-state index in [0.717, 1.165) is 38.5 Å². The number of halogens is 1. The number of nitrogens with two attached hydrogens (primary N) is 1. The number of nitrogen functional groups attached to an aromatic ring is 1. The zero-order valence-electron chi connectivity index (χ0n) is 30.8. The molecule has 278 valence electrons. The fraction of sp³-hybridized carbons (Fsp3) is 0.821. The topological polar surface area (TPSA) is 126 Å². The molecule has 4 atom stereocenters. The third kappa shape index (κ3) is 15.4. The summed E-state index contributed by atoms with van der Waals surface area (Å²) in [6, 6.07) is 0. The van der Waals surface area contributed by atoms with Crippen molar-refractivity contribution in [3.63, 3.8) is 0 Å². The van der Waals surface area contributed by atoms with Crippen LogP contribution in [-0.4, -0.2) is 52.5 Å². The van der Waals surface area contributed by atoms with E-state index < -0.39 is 17.8 Å². The standard InChI is InChI=1S/C39H65FN4O5/c1-4-6-8-10-12-14-16-18-20-22-34(45)47-29-39(3)33(48-35(46)23-21-19-17-15-13-11-9-7-5-2)27-31(49-39)26-30-24-25-32-36(42-28-30)37(41)44-38(40)43-32/h28,30-31,33H,4-27,29H2,1-3H3,(H2,41,43,44)/t30?,31-,33-,39+/m0/s1. The summed E-state index contributed by atoms with van der Waals surface area (Å²) in [6.07, 6.45) is 24.5. The number of hydrogen-bond donors (Lipinski definition) is 1. The second-order valence-electron chi connectivity index (χ2n) is 14.6. The Kier molecular flexibility index (Phi) is 19.1. The largest absolute Gasteiger partial charge is 0.462 e. The molecule has 0 aliphatic carbocycles. The molecule has 0 saturated carbocycles. The van der Waals surface area contributed by atoms with Crippen molar-refractivity contribution in [3.05, 3.63) is 11.8 Å². The molecule has 0 amide bonds. The SMILES string of the molecule is CCCCCCCCCCCC(=O)OC[C@@]1(C)O[C@@H](CC2C=Nc3c(N)nc(F)nc3CC2)C[C@@H]1OC(=O)CCCCCCCCCCC. The molecule has 2 aliphatic heterocycles. The average molecular weight is 689 g/mol. The van der Waals surface area contributed by atoms with Gasteiger partial charge in [-0.05, 0) is 44.9 Å². The van der Waals surface area contributed by atoms with Gasteiger partial charge in [0.05, 0.1) is 11.8 Å². The Hall–Kier alpha value is -2.62. The van der Waals surface area contributed by atoms with Crippen molar-refractivity contribution in [2.75, 3.05) is 12.3 Å². The summed E-state index contributed by atoms with van der Waals surface area (Å²) in [5, 5.41) is 0. The van der Waals surface area contributed by atoms with Gasteiger partial charge < -0.3 is 19.9 Å². The molecule has 1 aromatic heterocycles. The van der Waals surface area contributed by atoms with Crippen LogP contribution in [0.5, 0.6) is 0 Å². The molecule has 1 aromatic rings. The highest BCUT2D eigenvalue weighted by Gasteiger charge is 2.49. The summed E-state index contributed by atoms with van der Waals surface area (Å²) in [7, 11) is 0. The summed E-state index contributed by atoms with van der Waals surface area (Å²) < 4.78 is 32.1. The van der Waals surface area contributed by atoms with Gasteiger partial charge in [0.25, 0.3) is 0 Å². The fourth-order valence-corrected chi connectivity index (χ4v) is 7.01. The first-order valence-corrected chi connectivity index (χ1v) is 19.6. The maximum atomic E-state index is 13.8. The minimum absolute atomic E-state index is 0.0246. The first-order valence-electron chi connectivity index (χ1n) is 19.6. The lowest BCUT2D eigenvalue weighted by Crippen LogP contribution is -2.44. The average Bonchev–Trinajstić information content (AvgIpc) is 3.22. The molecule has 0 spiro atoms. The smallest absolute Gasteiger partial charge is 0.310 e. The number of aliphatic imine (C=N–C) groups is 1. The second-order valence-corrected chi connectivity index (χ2v) is 14.6. The Labute approximate surface area is 295 Å². The van der Waals surface area contributed by atoms with E-state index in [1.54, 1.807) is 0 Å². The molecule has 49 heavy (non-hydrogen) atoms.